The van der Waals surface area contributed by atoms with Gasteiger partial charge in [0.25, 0.3) is 5.69 Å². The molecule has 2 N–H and O–H groups in total. The molecule has 0 saturated carbocycles. The molecule has 0 bridgehead atoms. The van der Waals surface area contributed by atoms with Crippen LogP contribution in [0, 0.1) is 10.1 Å². The van der Waals surface area contributed by atoms with Gasteiger partial charge in [-0.05, 0) is 12.1 Å². The Morgan fingerprint density at radius 1 is 1.25 bits per heavy atom. The first-order valence-corrected chi connectivity index (χ1v) is 4.91. The van der Waals surface area contributed by atoms with Crippen molar-refractivity contribution in [2.45, 2.75) is 0 Å². The van der Waals surface area contributed by atoms with Crippen molar-refractivity contribution in [1.29, 1.82) is 0 Å². The molecule has 7 nitrogen and oxygen atoms in total. The molecule has 16 heavy (non-hydrogen) atoms. The first-order valence-electron chi connectivity index (χ1n) is 3.38. The van der Waals surface area contributed by atoms with Crippen molar-refractivity contribution in [1.82, 2.24) is 0 Å². The third kappa shape index (κ3) is 7.01. The van der Waals surface area contributed by atoms with Gasteiger partial charge in [-0.1, -0.05) is 0 Å². The number of benzene rings is 1. The smallest absolute Gasteiger partial charge is 1.00 e. The molecule has 1 aromatic carbocycles. The van der Waals surface area contributed by atoms with Crippen molar-refractivity contribution in [3.05, 3.63) is 34.4 Å². The zero-order valence-electron chi connectivity index (χ0n) is 10.7. The molecular weight excluding hydrogens is 259 g/mol. The normalized spacial score (nSPS) is 9.62. The van der Waals surface area contributed by atoms with Gasteiger partial charge in [-0.25, -0.2) is 4.57 Å². The van der Waals surface area contributed by atoms with Gasteiger partial charge in [-0.3, -0.25) is 19.9 Å². The fraction of sp³-hybridized carbons (Fsp3) is 0. The number of phosphoric ester groups is 1. The molecule has 0 saturated heterocycles. The van der Waals surface area contributed by atoms with Crippen LogP contribution in [0.3, 0.4) is 0 Å². The quantitative estimate of drug-likeness (QED) is 0.246. The summed E-state index contributed by atoms with van der Waals surface area (Å²) < 4.78 is 14.5. The van der Waals surface area contributed by atoms with Crippen molar-refractivity contribution >= 4 is 13.5 Å². The van der Waals surface area contributed by atoms with Crippen LogP contribution in [-0.2, 0) is 4.57 Å². The minimum atomic E-state index is -4.60. The summed E-state index contributed by atoms with van der Waals surface area (Å²) in [6.07, 6.45) is 0. The average molecular weight is 267 g/mol. The second-order valence-electron chi connectivity index (χ2n) is 2.33. The molecule has 0 aromatic heterocycles. The predicted molar refractivity (Wildman–Crippen MR) is 48.0 cm³/mol. The minimum absolute atomic E-state index is 0. The summed E-state index contributed by atoms with van der Waals surface area (Å²) >= 11 is 0. The molecule has 1 aromatic rings. The number of rotatable bonds is 3. The molecule has 80 valence electrons. The maximum atomic E-state index is 10.4. The summed E-state index contributed by atoms with van der Waals surface area (Å²) in [6, 6.07) is 4.39. The Kier molecular flexibility index (Phi) is 9.24. The molecule has 0 aliphatic rings. The topological polar surface area (TPSA) is 110 Å². The van der Waals surface area contributed by atoms with Crippen molar-refractivity contribution in [2.24, 2.45) is 0 Å². The van der Waals surface area contributed by atoms with E-state index in [0.717, 1.165) is 24.3 Å². The van der Waals surface area contributed by atoms with E-state index in [1.54, 1.807) is 0 Å². The Bertz CT molecular complexity index is 400. The van der Waals surface area contributed by atoms with Gasteiger partial charge in [-0.2, -0.15) is 0 Å². The molecule has 0 heterocycles. The van der Waals surface area contributed by atoms with Crippen LogP contribution in [0.1, 0.15) is 2.85 Å². The summed E-state index contributed by atoms with van der Waals surface area (Å²) in [5.74, 6) is -0.121. The fourth-order valence-corrected chi connectivity index (χ4v) is 1.16. The van der Waals surface area contributed by atoms with Crippen molar-refractivity contribution in [3.63, 3.8) is 0 Å². The number of non-ortho nitro benzene ring substituents is 1. The summed E-state index contributed by atoms with van der Waals surface area (Å²) in [4.78, 5) is 26.4. The van der Waals surface area contributed by atoms with Crippen molar-refractivity contribution in [3.8, 4) is 5.75 Å². The molecule has 0 unspecified atom stereocenters. The molecular formula is C6H8NNa2O6P. The third-order valence-corrected chi connectivity index (χ3v) is 1.72. The SMILES string of the molecule is O=[N+]([O-])c1ccc(OP(=O)(O)O)cc1.[H-].[H-].[Na+].[Na+]. The average Bonchev–Trinajstić information content (AvgIpc) is 2.02. The van der Waals surface area contributed by atoms with Crippen LogP contribution in [0.15, 0.2) is 24.3 Å². The Labute approximate surface area is 138 Å². The Morgan fingerprint density at radius 2 is 1.69 bits per heavy atom. The van der Waals surface area contributed by atoms with Gasteiger partial charge < -0.3 is 7.38 Å². The van der Waals surface area contributed by atoms with Crippen LogP contribution in [0.4, 0.5) is 5.69 Å². The molecule has 0 aliphatic heterocycles. The molecule has 0 fully saturated rings. The van der Waals surface area contributed by atoms with Crippen LogP contribution in [-0.4, -0.2) is 14.7 Å². The monoisotopic (exact) mass is 267 g/mol. The van der Waals surface area contributed by atoms with E-state index in [4.69, 9.17) is 9.79 Å². The van der Waals surface area contributed by atoms with E-state index >= 15 is 0 Å². The summed E-state index contributed by atoms with van der Waals surface area (Å²) in [7, 11) is -4.60. The maximum absolute atomic E-state index is 10.4. The first kappa shape index (κ1) is 18.9. The number of phosphoric acid groups is 1. The fourth-order valence-electron chi connectivity index (χ4n) is 0.766. The third-order valence-electron chi connectivity index (χ3n) is 1.27. The van der Waals surface area contributed by atoms with Crippen LogP contribution in [0.2, 0.25) is 0 Å². The molecule has 0 amide bonds. The molecule has 0 aliphatic carbocycles. The largest absolute Gasteiger partial charge is 1.00 e. The second-order valence-corrected chi connectivity index (χ2v) is 3.50. The number of nitro benzene ring substituents is 1. The van der Waals surface area contributed by atoms with E-state index in [0.29, 0.717) is 0 Å². The van der Waals surface area contributed by atoms with Gasteiger partial charge in [-0.15, -0.1) is 0 Å². The van der Waals surface area contributed by atoms with Crippen LogP contribution in [0.5, 0.6) is 5.75 Å². The molecule has 0 spiro atoms. The Balaban J connectivity index is -0.000000245. The van der Waals surface area contributed by atoms with E-state index in [1.165, 1.54) is 0 Å². The van der Waals surface area contributed by atoms with Crippen LogP contribution >= 0.6 is 7.82 Å². The van der Waals surface area contributed by atoms with Gasteiger partial charge in [0.2, 0.25) is 0 Å². The van der Waals surface area contributed by atoms with E-state index in [-0.39, 0.29) is 73.4 Å². The van der Waals surface area contributed by atoms with Gasteiger partial charge in [0.1, 0.15) is 5.75 Å². The molecule has 0 radical (unpaired) electrons. The zero-order valence-corrected chi connectivity index (χ0v) is 13.6. The summed E-state index contributed by atoms with van der Waals surface area (Å²) in [5.41, 5.74) is -0.178. The van der Waals surface area contributed by atoms with Gasteiger partial charge in [0.05, 0.1) is 4.92 Å². The van der Waals surface area contributed by atoms with Gasteiger partial charge >= 0.3 is 66.9 Å². The van der Waals surface area contributed by atoms with Crippen molar-refractivity contribution in [2.75, 3.05) is 0 Å². The minimum Gasteiger partial charge on any atom is -1.00 e. The molecule has 1 rings (SSSR count). The van der Waals surface area contributed by atoms with E-state index in [9.17, 15) is 14.7 Å². The Morgan fingerprint density at radius 3 is 2.00 bits per heavy atom. The first-order chi connectivity index (χ1) is 6.38. The number of nitro groups is 1. The van der Waals surface area contributed by atoms with Crippen molar-refractivity contribution < 1.29 is 85.8 Å². The van der Waals surface area contributed by atoms with E-state index in [1.807, 2.05) is 0 Å². The molecule has 0 atom stereocenters. The van der Waals surface area contributed by atoms with Gasteiger partial charge in [0, 0.05) is 12.1 Å². The maximum Gasteiger partial charge on any atom is 1.00 e. The number of hydrogen-bond acceptors (Lipinski definition) is 4. The predicted octanol–water partition coefficient (Wildman–Crippen LogP) is -4.70. The number of nitrogens with zero attached hydrogens (tertiary/aromatic N) is 1. The zero-order chi connectivity index (χ0) is 10.8. The second kappa shape index (κ2) is 7.81. The van der Waals surface area contributed by atoms with E-state index < -0.39 is 12.7 Å². The summed E-state index contributed by atoms with van der Waals surface area (Å²) in [5, 5.41) is 10.2. The van der Waals surface area contributed by atoms with Crippen LogP contribution in [0.25, 0.3) is 0 Å². The molecule has 10 heteroatoms. The summed E-state index contributed by atoms with van der Waals surface area (Å²) in [6.45, 7) is 0. The van der Waals surface area contributed by atoms with Gasteiger partial charge in [0.15, 0.2) is 0 Å². The number of hydrogen-bond donors (Lipinski definition) is 2. The van der Waals surface area contributed by atoms with E-state index in [2.05, 4.69) is 4.52 Å². The Hall–Kier alpha value is 0.570. The van der Waals surface area contributed by atoms with Crippen LogP contribution < -0.4 is 63.6 Å². The standard InChI is InChI=1S/C6H6NO6P.2Na.2H/c8-7(9)5-1-3-6(4-2-5)13-14(10,11)12;;;;/h1-4H,(H2,10,11,12);;;;/q;2*+1;2*-1.